The molecule has 1 aromatic carbocycles. The van der Waals surface area contributed by atoms with Crippen LogP contribution in [0, 0.1) is 0 Å². The van der Waals surface area contributed by atoms with Crippen molar-refractivity contribution in [2.45, 2.75) is 4.75 Å². The molecule has 0 saturated carbocycles. The van der Waals surface area contributed by atoms with Crippen LogP contribution in [0.4, 0.5) is 5.82 Å². The summed E-state index contributed by atoms with van der Waals surface area (Å²) in [6.45, 7) is 1.94. The Kier molecular flexibility index (Phi) is 4.06. The maximum Gasteiger partial charge on any atom is 0.273 e. The van der Waals surface area contributed by atoms with Crippen LogP contribution in [0.3, 0.4) is 0 Å². The van der Waals surface area contributed by atoms with Crippen LogP contribution in [-0.2, 0) is 24.1 Å². The minimum Gasteiger partial charge on any atom is -0.379 e. The molecule has 0 N–H and O–H groups in total. The highest BCUT2D eigenvalue weighted by molar-refractivity contribution is 7.92. The van der Waals surface area contributed by atoms with Crippen LogP contribution in [0.1, 0.15) is 11.1 Å². The molecule has 8 heteroatoms. The molecule has 7 nitrogen and oxygen atoms in total. The maximum atomic E-state index is 13.7. The number of pyridine rings is 1. The molecule has 1 unspecified atom stereocenters. The number of ether oxygens (including phenoxy) is 1. The fraction of sp³-hybridized carbons (Fsp3) is 0.333. The minimum atomic E-state index is -3.84. The first kappa shape index (κ1) is 17.1. The van der Waals surface area contributed by atoms with Gasteiger partial charge in [-0.25, -0.2) is 23.4 Å². The molecule has 136 valence electrons. The first-order valence-corrected chi connectivity index (χ1v) is 10.2. The molecular weight excluding hydrogens is 354 g/mol. The standard InChI is InChI=1S/C18H19N3O4S/c1-26(23,24)18(14-6-3-2-4-7-14)15-8-5-9-19-16(15)21(17(18)22)20-10-12-25-13-11-20/h2-9H,10-13H2,1H3. The highest BCUT2D eigenvalue weighted by atomic mass is 32.2. The van der Waals surface area contributed by atoms with Gasteiger partial charge in [0.05, 0.1) is 13.2 Å². The fourth-order valence-corrected chi connectivity index (χ4v) is 5.27. The molecule has 3 heterocycles. The van der Waals surface area contributed by atoms with Crippen molar-refractivity contribution < 1.29 is 17.9 Å². The van der Waals surface area contributed by atoms with E-state index in [9.17, 15) is 13.2 Å². The third-order valence-corrected chi connectivity index (χ3v) is 6.61. The van der Waals surface area contributed by atoms with E-state index in [0.29, 0.717) is 43.2 Å². The summed E-state index contributed by atoms with van der Waals surface area (Å²) in [6, 6.07) is 12.0. The molecule has 0 bridgehead atoms. The fourth-order valence-electron chi connectivity index (χ4n) is 3.74. The summed E-state index contributed by atoms with van der Waals surface area (Å²) in [6.07, 6.45) is 2.68. The Morgan fingerprint density at radius 1 is 1.08 bits per heavy atom. The summed E-state index contributed by atoms with van der Waals surface area (Å²) in [4.78, 5) is 18.0. The number of benzene rings is 1. The molecule has 2 aliphatic heterocycles. The van der Waals surface area contributed by atoms with Gasteiger partial charge in [0.2, 0.25) is 4.75 Å². The zero-order valence-corrected chi connectivity index (χ0v) is 15.1. The van der Waals surface area contributed by atoms with Gasteiger partial charge in [-0.15, -0.1) is 0 Å². The lowest BCUT2D eigenvalue weighted by atomic mass is 9.92. The predicted octanol–water partition coefficient (Wildman–Crippen LogP) is 0.964. The minimum absolute atomic E-state index is 0.369. The molecular formula is C18H19N3O4S. The quantitative estimate of drug-likeness (QED) is 0.797. The van der Waals surface area contributed by atoms with E-state index in [1.165, 1.54) is 5.01 Å². The number of sulfone groups is 1. The van der Waals surface area contributed by atoms with Gasteiger partial charge < -0.3 is 4.74 Å². The van der Waals surface area contributed by atoms with Crippen molar-refractivity contribution in [1.82, 2.24) is 9.99 Å². The van der Waals surface area contributed by atoms with Crippen LogP contribution in [0.15, 0.2) is 48.7 Å². The average molecular weight is 373 g/mol. The lowest BCUT2D eigenvalue weighted by Crippen LogP contribution is -2.55. The predicted molar refractivity (Wildman–Crippen MR) is 96.2 cm³/mol. The number of anilines is 1. The summed E-state index contributed by atoms with van der Waals surface area (Å²) in [5.41, 5.74) is 0.822. The number of carbonyl (C=O) groups is 1. The Hall–Kier alpha value is -2.29. The van der Waals surface area contributed by atoms with Crippen molar-refractivity contribution in [2.24, 2.45) is 0 Å². The van der Waals surface area contributed by atoms with Crippen molar-refractivity contribution in [3.8, 4) is 0 Å². The van der Waals surface area contributed by atoms with Crippen molar-refractivity contribution in [3.63, 3.8) is 0 Å². The largest absolute Gasteiger partial charge is 0.379 e. The van der Waals surface area contributed by atoms with Crippen molar-refractivity contribution in [3.05, 3.63) is 59.8 Å². The van der Waals surface area contributed by atoms with Gasteiger partial charge in [-0.3, -0.25) is 4.79 Å². The number of hydrazine groups is 1. The molecule has 1 fully saturated rings. The molecule has 0 radical (unpaired) electrons. The third-order valence-electron chi connectivity index (χ3n) is 4.87. The van der Waals surface area contributed by atoms with Crippen LogP contribution >= 0.6 is 0 Å². The van der Waals surface area contributed by atoms with Crippen LogP contribution in [0.5, 0.6) is 0 Å². The Bertz CT molecular complexity index is 942. The zero-order valence-electron chi connectivity index (χ0n) is 14.3. The third kappa shape index (κ3) is 2.29. The number of amides is 1. The number of fused-ring (bicyclic) bond motifs is 1. The van der Waals surface area contributed by atoms with E-state index in [0.717, 1.165) is 6.26 Å². The van der Waals surface area contributed by atoms with Crippen LogP contribution in [0.25, 0.3) is 0 Å². The van der Waals surface area contributed by atoms with E-state index in [4.69, 9.17) is 4.74 Å². The zero-order chi connectivity index (χ0) is 18.4. The van der Waals surface area contributed by atoms with Crippen molar-refractivity contribution in [1.29, 1.82) is 0 Å². The first-order chi connectivity index (χ1) is 12.5. The second kappa shape index (κ2) is 6.15. The summed E-state index contributed by atoms with van der Waals surface area (Å²) in [7, 11) is -3.84. The Morgan fingerprint density at radius 2 is 1.77 bits per heavy atom. The van der Waals surface area contributed by atoms with Gasteiger partial charge in [0.1, 0.15) is 0 Å². The Morgan fingerprint density at radius 3 is 2.42 bits per heavy atom. The lowest BCUT2D eigenvalue weighted by Gasteiger charge is -2.35. The molecule has 26 heavy (non-hydrogen) atoms. The van der Waals surface area contributed by atoms with E-state index < -0.39 is 20.5 Å². The maximum absolute atomic E-state index is 13.7. The number of hydrogen-bond acceptors (Lipinski definition) is 6. The normalized spacial score (nSPS) is 23.9. The highest BCUT2D eigenvalue weighted by Gasteiger charge is 2.61. The van der Waals surface area contributed by atoms with Gasteiger partial charge >= 0.3 is 0 Å². The van der Waals surface area contributed by atoms with Gasteiger partial charge in [-0.2, -0.15) is 0 Å². The summed E-state index contributed by atoms with van der Waals surface area (Å²) in [5, 5.41) is 3.24. The molecule has 1 amide bonds. The number of carbonyl (C=O) groups excluding carboxylic acids is 1. The number of hydrogen-bond donors (Lipinski definition) is 0. The first-order valence-electron chi connectivity index (χ1n) is 8.35. The van der Waals surface area contributed by atoms with Crippen LogP contribution in [-0.4, -0.2) is 56.9 Å². The molecule has 2 aliphatic rings. The van der Waals surface area contributed by atoms with Crippen molar-refractivity contribution >= 4 is 21.6 Å². The van der Waals surface area contributed by atoms with E-state index in [1.807, 2.05) is 5.01 Å². The number of aromatic nitrogens is 1. The molecule has 1 atom stereocenters. The lowest BCUT2D eigenvalue weighted by molar-refractivity contribution is -0.123. The van der Waals surface area contributed by atoms with E-state index >= 15 is 0 Å². The average Bonchev–Trinajstić information content (AvgIpc) is 2.92. The van der Waals surface area contributed by atoms with E-state index in [1.54, 1.807) is 48.7 Å². The smallest absolute Gasteiger partial charge is 0.273 e. The van der Waals surface area contributed by atoms with Gasteiger partial charge in [0, 0.05) is 31.1 Å². The highest BCUT2D eigenvalue weighted by Crippen LogP contribution is 2.48. The molecule has 2 aromatic rings. The van der Waals surface area contributed by atoms with Gasteiger partial charge in [-0.05, 0) is 11.6 Å². The van der Waals surface area contributed by atoms with Crippen LogP contribution in [0.2, 0.25) is 0 Å². The molecule has 1 saturated heterocycles. The summed E-state index contributed by atoms with van der Waals surface area (Å²) in [5.74, 6) is -0.143. The number of rotatable bonds is 3. The van der Waals surface area contributed by atoms with E-state index in [-0.39, 0.29) is 0 Å². The molecule has 0 spiro atoms. The topological polar surface area (TPSA) is 79.8 Å². The van der Waals surface area contributed by atoms with Gasteiger partial charge in [-0.1, -0.05) is 36.4 Å². The molecule has 1 aromatic heterocycles. The summed E-state index contributed by atoms with van der Waals surface area (Å²) < 4.78 is 29.7. The number of morpholine rings is 1. The Labute approximate surface area is 152 Å². The van der Waals surface area contributed by atoms with E-state index in [2.05, 4.69) is 4.98 Å². The second-order valence-electron chi connectivity index (χ2n) is 6.38. The second-order valence-corrected chi connectivity index (χ2v) is 8.53. The monoisotopic (exact) mass is 373 g/mol. The van der Waals surface area contributed by atoms with Crippen molar-refractivity contribution in [2.75, 3.05) is 37.6 Å². The number of nitrogens with zero attached hydrogens (tertiary/aromatic N) is 3. The van der Waals surface area contributed by atoms with Gasteiger partial charge in [0.25, 0.3) is 5.91 Å². The van der Waals surface area contributed by atoms with Crippen LogP contribution < -0.4 is 5.01 Å². The summed E-state index contributed by atoms with van der Waals surface area (Å²) >= 11 is 0. The van der Waals surface area contributed by atoms with Gasteiger partial charge in [0.15, 0.2) is 15.7 Å². The Balaban J connectivity index is 2.00. The molecule has 4 rings (SSSR count). The SMILES string of the molecule is CS(=O)(=O)C1(c2ccccc2)C(=O)N(N2CCOCC2)c2ncccc21. The molecule has 0 aliphatic carbocycles.